The van der Waals surface area contributed by atoms with Gasteiger partial charge < -0.3 is 14.4 Å². The normalized spacial score (nSPS) is 16.1. The van der Waals surface area contributed by atoms with Crippen LogP contribution in [-0.2, 0) is 4.74 Å². The highest BCUT2D eigenvalue weighted by molar-refractivity contribution is 5.85. The molecule has 0 saturated carbocycles. The summed E-state index contributed by atoms with van der Waals surface area (Å²) in [6.07, 6.45) is 3.22. The number of likely N-dealkylation sites (tertiary alicyclic amines) is 1. The minimum atomic E-state index is -0.462. The summed E-state index contributed by atoms with van der Waals surface area (Å²) in [6, 6.07) is 8.13. The third kappa shape index (κ3) is 4.41. The third-order valence-electron chi connectivity index (χ3n) is 4.20. The maximum absolute atomic E-state index is 12.2. The molecule has 0 aliphatic carbocycles. The highest BCUT2D eigenvalue weighted by Gasteiger charge is 2.28. The number of carbonyl (C=O) groups is 1. The Bertz CT molecular complexity index is 759. The Labute approximate surface area is 148 Å². The zero-order chi connectivity index (χ0) is 18.0. The van der Waals surface area contributed by atoms with Crippen LogP contribution < -0.4 is 4.74 Å². The Morgan fingerprint density at radius 1 is 1.24 bits per heavy atom. The molecular weight excluding hydrogens is 316 g/mol. The zero-order valence-electron chi connectivity index (χ0n) is 15.4. The van der Waals surface area contributed by atoms with Crippen LogP contribution in [0.25, 0.3) is 10.9 Å². The van der Waals surface area contributed by atoms with Crippen LogP contribution in [0, 0.1) is 6.92 Å². The molecule has 134 valence electrons. The largest absolute Gasteiger partial charge is 0.488 e. The van der Waals surface area contributed by atoms with Crippen molar-refractivity contribution in [1.29, 1.82) is 0 Å². The van der Waals surface area contributed by atoms with Crippen molar-refractivity contribution in [3.8, 4) is 5.75 Å². The summed E-state index contributed by atoms with van der Waals surface area (Å²) in [7, 11) is 0. The molecule has 0 bridgehead atoms. The van der Waals surface area contributed by atoms with Crippen LogP contribution in [0.3, 0.4) is 0 Å². The minimum absolute atomic E-state index is 0.0886. The number of rotatable bonds is 2. The quantitative estimate of drug-likeness (QED) is 0.815. The first-order chi connectivity index (χ1) is 11.8. The molecule has 3 rings (SSSR count). The van der Waals surface area contributed by atoms with E-state index in [1.54, 1.807) is 11.1 Å². The number of nitrogens with zero attached hydrogens (tertiary/aromatic N) is 2. The molecule has 1 aromatic carbocycles. The van der Waals surface area contributed by atoms with Gasteiger partial charge in [0.2, 0.25) is 0 Å². The fraction of sp³-hybridized carbons (Fsp3) is 0.500. The standard InChI is InChI=1S/C20H26N2O3/c1-14-12-15-6-5-9-21-18(15)17(13-14)24-16-7-10-22(11-8-16)19(23)25-20(2,3)4/h5-6,9,12-13,16H,7-8,10-11H2,1-4H3. The van der Waals surface area contributed by atoms with Crippen molar-refractivity contribution in [1.82, 2.24) is 9.88 Å². The number of aryl methyl sites for hydroxylation is 1. The summed E-state index contributed by atoms with van der Waals surface area (Å²) in [5.41, 5.74) is 1.58. The molecule has 1 aromatic heterocycles. The number of aromatic nitrogens is 1. The second-order valence-electron chi connectivity index (χ2n) is 7.62. The summed E-state index contributed by atoms with van der Waals surface area (Å²) in [5.74, 6) is 0.825. The Kier molecular flexibility index (Phi) is 4.84. The van der Waals surface area contributed by atoms with Gasteiger partial charge >= 0.3 is 6.09 Å². The minimum Gasteiger partial charge on any atom is -0.488 e. The molecule has 1 saturated heterocycles. The molecule has 1 aliphatic heterocycles. The van der Waals surface area contributed by atoms with E-state index in [0.717, 1.165) is 35.1 Å². The van der Waals surface area contributed by atoms with Crippen molar-refractivity contribution in [3.05, 3.63) is 36.0 Å². The van der Waals surface area contributed by atoms with Crippen LogP contribution in [0.4, 0.5) is 4.79 Å². The maximum atomic E-state index is 12.2. The Morgan fingerprint density at radius 3 is 2.64 bits per heavy atom. The lowest BCUT2D eigenvalue weighted by Gasteiger charge is -2.33. The third-order valence-corrected chi connectivity index (χ3v) is 4.20. The predicted molar refractivity (Wildman–Crippen MR) is 97.9 cm³/mol. The van der Waals surface area contributed by atoms with E-state index >= 15 is 0 Å². The van der Waals surface area contributed by atoms with Gasteiger partial charge in [0.05, 0.1) is 0 Å². The highest BCUT2D eigenvalue weighted by Crippen LogP contribution is 2.28. The second kappa shape index (κ2) is 6.90. The predicted octanol–water partition coefficient (Wildman–Crippen LogP) is 4.32. The van der Waals surface area contributed by atoms with Crippen molar-refractivity contribution in [2.75, 3.05) is 13.1 Å². The topological polar surface area (TPSA) is 51.7 Å². The molecule has 1 amide bonds. The number of hydrogen-bond donors (Lipinski definition) is 0. The molecule has 5 heteroatoms. The van der Waals surface area contributed by atoms with Crippen LogP contribution in [-0.4, -0.2) is 40.8 Å². The van der Waals surface area contributed by atoms with E-state index in [-0.39, 0.29) is 12.2 Å². The SMILES string of the molecule is Cc1cc(OC2CCN(C(=O)OC(C)(C)C)CC2)c2ncccc2c1. The van der Waals surface area contributed by atoms with E-state index in [4.69, 9.17) is 9.47 Å². The van der Waals surface area contributed by atoms with Crippen molar-refractivity contribution in [2.45, 2.75) is 52.2 Å². The van der Waals surface area contributed by atoms with Crippen molar-refractivity contribution < 1.29 is 14.3 Å². The van der Waals surface area contributed by atoms with Gasteiger partial charge in [-0.2, -0.15) is 0 Å². The fourth-order valence-corrected chi connectivity index (χ4v) is 3.05. The molecule has 2 aromatic rings. The van der Waals surface area contributed by atoms with Crippen molar-refractivity contribution >= 4 is 17.0 Å². The van der Waals surface area contributed by atoms with E-state index in [1.165, 1.54) is 0 Å². The molecule has 0 N–H and O–H groups in total. The number of hydrogen-bond acceptors (Lipinski definition) is 4. The molecule has 1 aliphatic rings. The highest BCUT2D eigenvalue weighted by atomic mass is 16.6. The number of fused-ring (bicyclic) bond motifs is 1. The van der Waals surface area contributed by atoms with E-state index < -0.39 is 5.60 Å². The van der Waals surface area contributed by atoms with E-state index in [0.29, 0.717) is 13.1 Å². The smallest absolute Gasteiger partial charge is 0.410 e. The van der Waals surface area contributed by atoms with Gasteiger partial charge in [-0.15, -0.1) is 0 Å². The second-order valence-corrected chi connectivity index (χ2v) is 7.62. The molecule has 1 fully saturated rings. The van der Waals surface area contributed by atoms with Gasteiger partial charge in [-0.25, -0.2) is 4.79 Å². The van der Waals surface area contributed by atoms with Crippen molar-refractivity contribution in [2.24, 2.45) is 0 Å². The first-order valence-corrected chi connectivity index (χ1v) is 8.82. The molecule has 25 heavy (non-hydrogen) atoms. The first kappa shape index (κ1) is 17.5. The lowest BCUT2D eigenvalue weighted by atomic mass is 10.1. The number of piperidine rings is 1. The summed E-state index contributed by atoms with van der Waals surface area (Å²) < 4.78 is 11.7. The summed E-state index contributed by atoms with van der Waals surface area (Å²) in [4.78, 5) is 18.4. The van der Waals surface area contributed by atoms with Gasteiger partial charge in [0, 0.05) is 37.5 Å². The van der Waals surface area contributed by atoms with Crippen molar-refractivity contribution in [3.63, 3.8) is 0 Å². The number of pyridine rings is 1. The number of benzene rings is 1. The van der Waals surface area contributed by atoms with Gasteiger partial charge in [0.25, 0.3) is 0 Å². The van der Waals surface area contributed by atoms with Crippen LogP contribution >= 0.6 is 0 Å². The summed E-state index contributed by atoms with van der Waals surface area (Å²) >= 11 is 0. The van der Waals surface area contributed by atoms with Crippen LogP contribution in [0.15, 0.2) is 30.5 Å². The first-order valence-electron chi connectivity index (χ1n) is 8.82. The Hall–Kier alpha value is -2.30. The number of carbonyl (C=O) groups excluding carboxylic acids is 1. The fourth-order valence-electron chi connectivity index (χ4n) is 3.05. The molecule has 5 nitrogen and oxygen atoms in total. The molecule has 2 heterocycles. The number of ether oxygens (including phenoxy) is 2. The Morgan fingerprint density at radius 2 is 1.96 bits per heavy atom. The Balaban J connectivity index is 1.64. The monoisotopic (exact) mass is 342 g/mol. The average molecular weight is 342 g/mol. The van der Waals surface area contributed by atoms with E-state index in [9.17, 15) is 4.79 Å². The van der Waals surface area contributed by atoms with Gasteiger partial charge in [-0.1, -0.05) is 6.07 Å². The van der Waals surface area contributed by atoms with Crippen LogP contribution in [0.1, 0.15) is 39.2 Å². The van der Waals surface area contributed by atoms with E-state index in [1.807, 2.05) is 39.0 Å². The van der Waals surface area contributed by atoms with E-state index in [2.05, 4.69) is 18.0 Å². The molecule has 0 unspecified atom stereocenters. The lowest BCUT2D eigenvalue weighted by Crippen LogP contribution is -2.44. The van der Waals surface area contributed by atoms with Gasteiger partial charge in [-0.3, -0.25) is 4.98 Å². The molecular formula is C20H26N2O3. The van der Waals surface area contributed by atoms with Crippen LogP contribution in [0.5, 0.6) is 5.75 Å². The molecule has 0 atom stereocenters. The summed E-state index contributed by atoms with van der Waals surface area (Å²) in [5, 5.41) is 1.09. The van der Waals surface area contributed by atoms with Gasteiger partial charge in [0.15, 0.2) is 0 Å². The van der Waals surface area contributed by atoms with Crippen LogP contribution in [0.2, 0.25) is 0 Å². The maximum Gasteiger partial charge on any atom is 0.410 e. The number of amides is 1. The summed E-state index contributed by atoms with van der Waals surface area (Å²) in [6.45, 7) is 9.02. The molecule has 0 radical (unpaired) electrons. The zero-order valence-corrected chi connectivity index (χ0v) is 15.4. The van der Waals surface area contributed by atoms with Gasteiger partial charge in [-0.05, 0) is 51.5 Å². The average Bonchev–Trinajstić information content (AvgIpc) is 2.53. The lowest BCUT2D eigenvalue weighted by molar-refractivity contribution is 0.0127. The van der Waals surface area contributed by atoms with Gasteiger partial charge in [0.1, 0.15) is 23.0 Å². The molecule has 0 spiro atoms.